The number of rotatable bonds is 13. The van der Waals surface area contributed by atoms with E-state index in [0.717, 1.165) is 6.16 Å². The molecule has 0 aromatic carbocycles. The van der Waals surface area contributed by atoms with Crippen LogP contribution >= 0.6 is 8.38 Å². The maximum absolute atomic E-state index is 5.22. The molecule has 17 heavy (non-hydrogen) atoms. The van der Waals surface area contributed by atoms with Crippen molar-refractivity contribution in [3.05, 3.63) is 0 Å². The molecule has 0 rings (SSSR count). The maximum Gasteiger partial charge on any atom is 0.169 e. The highest BCUT2D eigenvalue weighted by molar-refractivity contribution is 7.47. The van der Waals surface area contributed by atoms with Crippen LogP contribution in [0.1, 0.15) is 71.1 Å². The lowest BCUT2D eigenvalue weighted by molar-refractivity contribution is 0.339. The first kappa shape index (κ1) is 17.4. The van der Waals surface area contributed by atoms with Crippen LogP contribution in [-0.4, -0.2) is 20.4 Å². The topological polar surface area (TPSA) is 18.5 Å². The van der Waals surface area contributed by atoms with Crippen LogP contribution in [0.3, 0.4) is 0 Å². The van der Waals surface area contributed by atoms with Gasteiger partial charge < -0.3 is 9.05 Å². The van der Waals surface area contributed by atoms with Gasteiger partial charge in [0.25, 0.3) is 0 Å². The molecule has 0 spiro atoms. The average molecular weight is 262 g/mol. The van der Waals surface area contributed by atoms with E-state index < -0.39 is 8.38 Å². The highest BCUT2D eigenvalue weighted by atomic mass is 31.2. The molecule has 0 radical (unpaired) electrons. The summed E-state index contributed by atoms with van der Waals surface area (Å²) in [4.78, 5) is 0. The van der Waals surface area contributed by atoms with Gasteiger partial charge in [-0.3, -0.25) is 0 Å². The first-order chi connectivity index (χ1) is 8.35. The summed E-state index contributed by atoms with van der Waals surface area (Å²) in [7, 11) is 2.89. The van der Waals surface area contributed by atoms with Gasteiger partial charge >= 0.3 is 0 Å². The standard InChI is InChI=1S/C14H31O2P/c1-4-5-6-7-8-9-10-11-12-13-14-17(15-2)16-3/h4-14H2,1-3H3. The second-order valence-electron chi connectivity index (χ2n) is 4.60. The summed E-state index contributed by atoms with van der Waals surface area (Å²) in [5, 5.41) is 0. The lowest BCUT2D eigenvalue weighted by atomic mass is 10.1. The Morgan fingerprint density at radius 1 is 0.647 bits per heavy atom. The van der Waals surface area contributed by atoms with E-state index in [1.165, 1.54) is 64.2 Å². The van der Waals surface area contributed by atoms with Crippen molar-refractivity contribution < 1.29 is 9.05 Å². The van der Waals surface area contributed by atoms with Gasteiger partial charge in [0.15, 0.2) is 8.38 Å². The molecule has 0 aliphatic rings. The molecule has 0 bridgehead atoms. The first-order valence-electron chi connectivity index (χ1n) is 7.20. The molecule has 0 N–H and O–H groups in total. The van der Waals surface area contributed by atoms with E-state index in [0.29, 0.717) is 0 Å². The third-order valence-corrected chi connectivity index (χ3v) is 4.60. The van der Waals surface area contributed by atoms with Gasteiger partial charge in [0.1, 0.15) is 0 Å². The van der Waals surface area contributed by atoms with Crippen molar-refractivity contribution in [2.45, 2.75) is 71.1 Å². The van der Waals surface area contributed by atoms with Crippen LogP contribution in [0.4, 0.5) is 0 Å². The summed E-state index contributed by atoms with van der Waals surface area (Å²) in [5.74, 6) is 0. The van der Waals surface area contributed by atoms with Crippen molar-refractivity contribution in [3.8, 4) is 0 Å². The Morgan fingerprint density at radius 3 is 1.47 bits per heavy atom. The molecule has 0 aliphatic carbocycles. The summed E-state index contributed by atoms with van der Waals surface area (Å²) in [6, 6.07) is 0. The van der Waals surface area contributed by atoms with Crippen LogP contribution in [0.25, 0.3) is 0 Å². The highest BCUT2D eigenvalue weighted by Gasteiger charge is 2.04. The van der Waals surface area contributed by atoms with Crippen LogP contribution in [0, 0.1) is 0 Å². The summed E-state index contributed by atoms with van der Waals surface area (Å²) in [6.45, 7) is 2.27. The fourth-order valence-corrected chi connectivity index (χ4v) is 2.98. The van der Waals surface area contributed by atoms with Crippen LogP contribution in [0.15, 0.2) is 0 Å². The normalized spacial score (nSPS) is 11.3. The van der Waals surface area contributed by atoms with Crippen molar-refractivity contribution in [2.75, 3.05) is 20.4 Å². The first-order valence-corrected chi connectivity index (χ1v) is 8.57. The molecular formula is C14H31O2P. The van der Waals surface area contributed by atoms with Crippen molar-refractivity contribution in [1.82, 2.24) is 0 Å². The Bertz CT molecular complexity index is 138. The van der Waals surface area contributed by atoms with E-state index in [2.05, 4.69) is 6.92 Å². The van der Waals surface area contributed by atoms with E-state index in [4.69, 9.17) is 9.05 Å². The molecule has 0 saturated carbocycles. The molecule has 104 valence electrons. The van der Waals surface area contributed by atoms with Crippen LogP contribution < -0.4 is 0 Å². The van der Waals surface area contributed by atoms with Crippen molar-refractivity contribution in [2.24, 2.45) is 0 Å². The number of hydrogen-bond donors (Lipinski definition) is 0. The van der Waals surface area contributed by atoms with E-state index >= 15 is 0 Å². The zero-order chi connectivity index (χ0) is 12.8. The summed E-state index contributed by atoms with van der Waals surface area (Å²) < 4.78 is 10.4. The second kappa shape index (κ2) is 14.4. The highest BCUT2D eigenvalue weighted by Crippen LogP contribution is 2.36. The summed E-state index contributed by atoms with van der Waals surface area (Å²) >= 11 is 0. The summed E-state index contributed by atoms with van der Waals surface area (Å²) in [6.07, 6.45) is 15.0. The molecule has 0 aromatic heterocycles. The fraction of sp³-hybridized carbons (Fsp3) is 1.00. The minimum atomic E-state index is -0.591. The molecule has 0 heterocycles. The molecule has 0 aromatic rings. The monoisotopic (exact) mass is 262 g/mol. The molecule has 0 atom stereocenters. The van der Waals surface area contributed by atoms with Gasteiger partial charge in [-0.15, -0.1) is 0 Å². The van der Waals surface area contributed by atoms with E-state index in [9.17, 15) is 0 Å². The largest absolute Gasteiger partial charge is 0.337 e. The van der Waals surface area contributed by atoms with Crippen LogP contribution in [0.2, 0.25) is 0 Å². The molecule has 0 aliphatic heterocycles. The Labute approximate surface area is 109 Å². The molecule has 2 nitrogen and oxygen atoms in total. The predicted octanol–water partition coefficient (Wildman–Crippen LogP) is 5.51. The molecule has 0 amide bonds. The average Bonchev–Trinajstić information content (AvgIpc) is 2.36. The van der Waals surface area contributed by atoms with Crippen molar-refractivity contribution in [1.29, 1.82) is 0 Å². The van der Waals surface area contributed by atoms with E-state index in [1.54, 1.807) is 14.2 Å². The Morgan fingerprint density at radius 2 is 1.06 bits per heavy atom. The number of hydrogen-bond acceptors (Lipinski definition) is 2. The zero-order valence-electron chi connectivity index (χ0n) is 12.0. The lowest BCUT2D eigenvalue weighted by Crippen LogP contribution is -1.89. The van der Waals surface area contributed by atoms with Gasteiger partial charge in [-0.1, -0.05) is 64.7 Å². The Balaban J connectivity index is 3.03. The van der Waals surface area contributed by atoms with Gasteiger partial charge in [0.05, 0.1) is 0 Å². The minimum Gasteiger partial charge on any atom is -0.337 e. The SMILES string of the molecule is CCCCCCCCCCCCP(OC)OC. The van der Waals surface area contributed by atoms with Gasteiger partial charge in [-0.2, -0.15) is 0 Å². The molecular weight excluding hydrogens is 231 g/mol. The third kappa shape index (κ3) is 12.6. The fourth-order valence-electron chi connectivity index (χ4n) is 1.99. The van der Waals surface area contributed by atoms with E-state index in [-0.39, 0.29) is 0 Å². The Hall–Kier alpha value is 0.350. The van der Waals surface area contributed by atoms with Gasteiger partial charge in [-0.25, -0.2) is 0 Å². The molecule has 0 fully saturated rings. The molecule has 0 saturated heterocycles. The van der Waals surface area contributed by atoms with Crippen molar-refractivity contribution in [3.63, 3.8) is 0 Å². The quantitative estimate of drug-likeness (QED) is 0.322. The Kier molecular flexibility index (Phi) is 14.7. The number of unbranched alkanes of at least 4 members (excludes halogenated alkanes) is 9. The second-order valence-corrected chi connectivity index (χ2v) is 6.45. The van der Waals surface area contributed by atoms with Gasteiger partial charge in [-0.05, 0) is 6.42 Å². The van der Waals surface area contributed by atoms with Crippen molar-refractivity contribution >= 4 is 8.38 Å². The lowest BCUT2D eigenvalue weighted by Gasteiger charge is -2.11. The molecule has 3 heteroatoms. The third-order valence-electron chi connectivity index (χ3n) is 3.10. The summed E-state index contributed by atoms with van der Waals surface area (Å²) in [5.41, 5.74) is 0. The van der Waals surface area contributed by atoms with E-state index in [1.807, 2.05) is 0 Å². The maximum atomic E-state index is 5.22. The van der Waals surface area contributed by atoms with Gasteiger partial charge in [0.2, 0.25) is 0 Å². The smallest absolute Gasteiger partial charge is 0.169 e. The zero-order valence-corrected chi connectivity index (χ0v) is 12.9. The predicted molar refractivity (Wildman–Crippen MR) is 77.6 cm³/mol. The van der Waals surface area contributed by atoms with Crippen LogP contribution in [0.5, 0.6) is 0 Å². The molecule has 0 unspecified atom stereocenters. The minimum absolute atomic E-state index is 0.591. The van der Waals surface area contributed by atoms with Crippen LogP contribution in [-0.2, 0) is 9.05 Å². The van der Waals surface area contributed by atoms with Gasteiger partial charge in [0, 0.05) is 20.4 Å².